The lowest BCUT2D eigenvalue weighted by molar-refractivity contribution is -0.889. The van der Waals surface area contributed by atoms with E-state index >= 15 is 0 Å². The van der Waals surface area contributed by atoms with Gasteiger partial charge < -0.3 is 28.6 Å². The monoisotopic (exact) mass is 822 g/mol. The van der Waals surface area contributed by atoms with Crippen LogP contribution in [0, 0.1) is 0 Å². The fourth-order valence-corrected chi connectivity index (χ4v) is 7.54. The molecule has 0 N–H and O–H groups in total. The number of likely N-dealkylation sites (N-methyl/N-ethyl adjacent to an activating group) is 1. The second-order valence-electron chi connectivity index (χ2n) is 18.1. The van der Waals surface area contributed by atoms with Crippen molar-refractivity contribution in [2.45, 2.75) is 251 Å². The maximum absolute atomic E-state index is 12.7. The van der Waals surface area contributed by atoms with E-state index in [1.165, 1.54) is 167 Å². The molecule has 0 amide bonds. The molecule has 2 atom stereocenters. The Morgan fingerprint density at radius 2 is 0.862 bits per heavy atom. The number of aliphatic carboxylic acids is 1. The molecule has 0 aliphatic heterocycles. The topological polar surface area (TPSA) is 102 Å². The van der Waals surface area contributed by atoms with E-state index in [4.69, 9.17) is 14.2 Å². The number of carboxylic acids is 1. The summed E-state index contributed by atoms with van der Waals surface area (Å²) in [5.41, 5.74) is 0. The number of carbonyl (C=O) groups is 3. The van der Waals surface area contributed by atoms with Crippen molar-refractivity contribution >= 4 is 17.9 Å². The van der Waals surface area contributed by atoms with Gasteiger partial charge >= 0.3 is 11.9 Å². The first-order chi connectivity index (χ1) is 28.1. The highest BCUT2D eigenvalue weighted by atomic mass is 16.6. The second kappa shape index (κ2) is 41.8. The van der Waals surface area contributed by atoms with Crippen LogP contribution in [-0.4, -0.2) is 75.5 Å². The zero-order valence-electron chi connectivity index (χ0n) is 39.0. The molecule has 0 rings (SSSR count). The standard InChI is InChI=1S/C50H95NO7/c1-6-8-10-12-14-16-18-20-21-22-23-24-25-26-27-28-29-31-32-34-36-38-40-48(52)57-45-46(44-56-43-42-47(50(54)55)51(3,4)5)58-49(53)41-39-37-35-33-30-19-17-15-13-11-9-7-2/h25-26,46-47H,6-24,27-45H2,1-5H3/b26-25+. The van der Waals surface area contributed by atoms with Crippen LogP contribution in [0.4, 0.5) is 0 Å². The van der Waals surface area contributed by atoms with Gasteiger partial charge in [-0.3, -0.25) is 9.59 Å². The van der Waals surface area contributed by atoms with E-state index in [1.54, 1.807) is 21.1 Å². The third kappa shape index (κ3) is 39.5. The fourth-order valence-electron chi connectivity index (χ4n) is 7.54. The SMILES string of the molecule is CCCCCCCCCCCCC/C=C/CCCCCCCCCC(=O)OCC(COCCC(C(=O)[O-])[N+](C)(C)C)OC(=O)CCCCCCCCCCCCCC. The minimum absolute atomic E-state index is 0.0452. The number of nitrogens with zero attached hydrogens (tertiary/aromatic N) is 1. The summed E-state index contributed by atoms with van der Waals surface area (Å²) in [7, 11) is 5.42. The van der Waals surface area contributed by atoms with Crippen molar-refractivity contribution in [1.82, 2.24) is 0 Å². The Labute approximate surface area is 359 Å². The van der Waals surface area contributed by atoms with Crippen LogP contribution in [0.2, 0.25) is 0 Å². The van der Waals surface area contributed by atoms with Crippen molar-refractivity contribution in [3.63, 3.8) is 0 Å². The van der Waals surface area contributed by atoms with E-state index in [9.17, 15) is 19.5 Å². The Morgan fingerprint density at radius 1 is 0.500 bits per heavy atom. The van der Waals surface area contributed by atoms with Gasteiger partial charge in [-0.15, -0.1) is 0 Å². The molecule has 8 heteroatoms. The molecule has 0 bridgehead atoms. The van der Waals surface area contributed by atoms with Crippen molar-refractivity contribution in [2.24, 2.45) is 0 Å². The first kappa shape index (κ1) is 56.1. The number of unbranched alkanes of at least 4 members (excludes halogenated alkanes) is 29. The summed E-state index contributed by atoms with van der Waals surface area (Å²) in [6, 6.07) is -0.722. The summed E-state index contributed by atoms with van der Waals surface area (Å²) in [6.07, 6.45) is 45.3. The molecule has 58 heavy (non-hydrogen) atoms. The largest absolute Gasteiger partial charge is 0.544 e. The molecule has 0 fully saturated rings. The van der Waals surface area contributed by atoms with Gasteiger partial charge in [-0.05, 0) is 38.5 Å². The molecular weight excluding hydrogens is 727 g/mol. The maximum atomic E-state index is 12.7. The molecule has 0 heterocycles. The van der Waals surface area contributed by atoms with Gasteiger partial charge in [-0.2, -0.15) is 0 Å². The van der Waals surface area contributed by atoms with Crippen LogP contribution in [0.25, 0.3) is 0 Å². The zero-order chi connectivity index (χ0) is 42.8. The summed E-state index contributed by atoms with van der Waals surface area (Å²) in [5.74, 6) is -1.72. The van der Waals surface area contributed by atoms with E-state index in [2.05, 4.69) is 26.0 Å². The Kier molecular flexibility index (Phi) is 40.4. The van der Waals surface area contributed by atoms with Crippen molar-refractivity contribution < 1.29 is 38.2 Å². The molecule has 342 valence electrons. The molecule has 0 aromatic heterocycles. The van der Waals surface area contributed by atoms with Gasteiger partial charge in [0.25, 0.3) is 0 Å². The van der Waals surface area contributed by atoms with E-state index in [-0.39, 0.29) is 42.7 Å². The lowest BCUT2D eigenvalue weighted by Gasteiger charge is -2.34. The number of carbonyl (C=O) groups excluding carboxylic acids is 3. The van der Waals surface area contributed by atoms with Crippen molar-refractivity contribution in [2.75, 3.05) is 41.0 Å². The molecular formula is C50H95NO7. The first-order valence-corrected chi connectivity index (χ1v) is 24.7. The first-order valence-electron chi connectivity index (χ1n) is 24.7. The molecule has 0 saturated carbocycles. The number of hydrogen-bond donors (Lipinski definition) is 0. The number of hydrogen-bond acceptors (Lipinski definition) is 7. The summed E-state index contributed by atoms with van der Waals surface area (Å²) in [5, 5.41) is 11.6. The zero-order valence-corrected chi connectivity index (χ0v) is 39.0. The Morgan fingerprint density at radius 3 is 1.24 bits per heavy atom. The van der Waals surface area contributed by atoms with Crippen LogP contribution < -0.4 is 5.11 Å². The average Bonchev–Trinajstić information content (AvgIpc) is 3.18. The minimum Gasteiger partial charge on any atom is -0.544 e. The highest BCUT2D eigenvalue weighted by Gasteiger charge is 2.25. The number of rotatable bonds is 45. The Hall–Kier alpha value is -1.93. The molecule has 0 aromatic carbocycles. The minimum atomic E-state index is -1.12. The van der Waals surface area contributed by atoms with Crippen LogP contribution in [-0.2, 0) is 28.6 Å². The number of carboxylic acid groups (broad SMARTS) is 1. The third-order valence-corrected chi connectivity index (χ3v) is 11.4. The quantitative estimate of drug-likeness (QED) is 0.0261. The normalized spacial score (nSPS) is 12.9. The van der Waals surface area contributed by atoms with Crippen LogP contribution in [0.5, 0.6) is 0 Å². The van der Waals surface area contributed by atoms with E-state index in [0.29, 0.717) is 12.8 Å². The second-order valence-corrected chi connectivity index (χ2v) is 18.1. The molecule has 0 radical (unpaired) electrons. The summed E-state index contributed by atoms with van der Waals surface area (Å²) >= 11 is 0. The van der Waals surface area contributed by atoms with E-state index < -0.39 is 18.1 Å². The predicted octanol–water partition coefficient (Wildman–Crippen LogP) is 12.5. The number of quaternary nitrogens is 1. The van der Waals surface area contributed by atoms with Gasteiger partial charge in [0.1, 0.15) is 12.6 Å². The van der Waals surface area contributed by atoms with Crippen LogP contribution in [0.15, 0.2) is 12.2 Å². The highest BCUT2D eigenvalue weighted by molar-refractivity contribution is 5.70. The van der Waals surface area contributed by atoms with E-state index in [0.717, 1.165) is 38.5 Å². The molecule has 2 unspecified atom stereocenters. The maximum Gasteiger partial charge on any atom is 0.306 e. The number of ether oxygens (including phenoxy) is 3. The van der Waals surface area contributed by atoms with Gasteiger partial charge in [-0.1, -0.05) is 193 Å². The third-order valence-electron chi connectivity index (χ3n) is 11.4. The summed E-state index contributed by atoms with van der Waals surface area (Å²) in [6.45, 7) is 4.69. The predicted molar refractivity (Wildman–Crippen MR) is 241 cm³/mol. The van der Waals surface area contributed by atoms with Crippen molar-refractivity contribution in [3.05, 3.63) is 12.2 Å². The lowest BCUT2D eigenvalue weighted by atomic mass is 10.0. The van der Waals surface area contributed by atoms with Gasteiger partial charge in [0.2, 0.25) is 0 Å². The van der Waals surface area contributed by atoms with Crippen LogP contribution in [0.1, 0.15) is 239 Å². The van der Waals surface area contributed by atoms with Crippen molar-refractivity contribution in [1.29, 1.82) is 0 Å². The number of esters is 2. The summed E-state index contributed by atoms with van der Waals surface area (Å²) < 4.78 is 17.2. The van der Waals surface area contributed by atoms with Crippen LogP contribution in [0.3, 0.4) is 0 Å². The Bertz CT molecular complexity index is 962. The molecule has 0 aliphatic carbocycles. The van der Waals surface area contributed by atoms with Gasteiger partial charge in [0.15, 0.2) is 6.10 Å². The van der Waals surface area contributed by atoms with E-state index in [1.807, 2.05) is 0 Å². The fraction of sp³-hybridized carbons (Fsp3) is 0.900. The average molecular weight is 822 g/mol. The smallest absolute Gasteiger partial charge is 0.306 e. The molecule has 0 aliphatic rings. The van der Waals surface area contributed by atoms with Crippen molar-refractivity contribution in [3.8, 4) is 0 Å². The molecule has 0 saturated heterocycles. The highest BCUT2D eigenvalue weighted by Crippen LogP contribution is 2.16. The molecule has 0 spiro atoms. The Balaban J connectivity index is 4.17. The van der Waals surface area contributed by atoms with Gasteiger partial charge in [-0.25, -0.2) is 0 Å². The lowest BCUT2D eigenvalue weighted by Crippen LogP contribution is -2.55. The van der Waals surface area contributed by atoms with Gasteiger partial charge in [0, 0.05) is 19.3 Å². The van der Waals surface area contributed by atoms with Gasteiger partial charge in [0.05, 0.1) is 40.3 Å². The number of allylic oxidation sites excluding steroid dienone is 2. The molecule has 0 aromatic rings. The summed E-state index contributed by atoms with van der Waals surface area (Å²) in [4.78, 5) is 36.9. The van der Waals surface area contributed by atoms with Crippen LogP contribution >= 0.6 is 0 Å². The molecule has 8 nitrogen and oxygen atoms in total.